The number of allylic oxidation sites excluding steroid dienone is 1. The van der Waals surface area contributed by atoms with Gasteiger partial charge in [-0.15, -0.1) is 0 Å². The standard InChI is InChI=1S/C22H22F2N2O4/c23-17-6-14-19(26(13-4-5-13)9-16(21(14)28)22(29)30)18(24)20(17)25-7-11-2-1-3-12(10-27)15(11)8-25/h1-2,6,9,11-13,15,27H,3-5,7-8,10H2,(H,29,30)/t11?,12-,15?/m1/s1. The number of benzene rings is 1. The summed E-state index contributed by atoms with van der Waals surface area (Å²) in [5.74, 6) is -2.84. The number of fused-ring (bicyclic) bond motifs is 2. The molecule has 1 saturated heterocycles. The number of hydrogen-bond donors (Lipinski definition) is 2. The van der Waals surface area contributed by atoms with Crippen LogP contribution < -0.4 is 10.3 Å². The van der Waals surface area contributed by atoms with Crippen molar-refractivity contribution in [3.05, 3.63) is 51.8 Å². The first-order valence-electron chi connectivity index (χ1n) is 10.2. The Morgan fingerprint density at radius 3 is 2.67 bits per heavy atom. The summed E-state index contributed by atoms with van der Waals surface area (Å²) in [5, 5.41) is 18.8. The summed E-state index contributed by atoms with van der Waals surface area (Å²) in [5.41, 5.74) is -1.58. The smallest absolute Gasteiger partial charge is 0.341 e. The zero-order valence-corrected chi connectivity index (χ0v) is 16.2. The zero-order valence-electron chi connectivity index (χ0n) is 16.2. The minimum atomic E-state index is -1.41. The molecule has 2 aromatic rings. The zero-order chi connectivity index (χ0) is 21.2. The highest BCUT2D eigenvalue weighted by molar-refractivity contribution is 5.94. The second kappa shape index (κ2) is 6.91. The summed E-state index contributed by atoms with van der Waals surface area (Å²) in [6.07, 6.45) is 7.49. The summed E-state index contributed by atoms with van der Waals surface area (Å²) in [6, 6.07) is 0.879. The lowest BCUT2D eigenvalue weighted by Crippen LogP contribution is -2.28. The Kier molecular flexibility index (Phi) is 4.43. The molecule has 2 N–H and O–H groups in total. The lowest BCUT2D eigenvalue weighted by Gasteiger charge is -2.27. The van der Waals surface area contributed by atoms with E-state index < -0.39 is 28.6 Å². The number of carboxylic acid groups (broad SMARTS) is 1. The van der Waals surface area contributed by atoms with E-state index in [4.69, 9.17) is 0 Å². The van der Waals surface area contributed by atoms with E-state index in [-0.39, 0.29) is 47.0 Å². The van der Waals surface area contributed by atoms with Crippen LogP contribution in [-0.4, -0.2) is 40.4 Å². The molecule has 2 unspecified atom stereocenters. The predicted octanol–water partition coefficient (Wildman–Crippen LogP) is 2.93. The van der Waals surface area contributed by atoms with E-state index in [1.54, 1.807) is 4.90 Å². The van der Waals surface area contributed by atoms with Crippen LogP contribution in [0.4, 0.5) is 14.5 Å². The third-order valence-electron chi connectivity index (χ3n) is 6.75. The van der Waals surface area contributed by atoms with Crippen LogP contribution in [0.1, 0.15) is 35.7 Å². The van der Waals surface area contributed by atoms with Gasteiger partial charge in [0.25, 0.3) is 0 Å². The summed E-state index contributed by atoms with van der Waals surface area (Å²) in [7, 11) is 0. The number of aromatic nitrogens is 1. The van der Waals surface area contributed by atoms with Gasteiger partial charge in [0.15, 0.2) is 5.82 Å². The molecule has 1 saturated carbocycles. The van der Waals surface area contributed by atoms with Crippen LogP contribution in [0.15, 0.2) is 29.2 Å². The summed E-state index contributed by atoms with van der Waals surface area (Å²) >= 11 is 0. The van der Waals surface area contributed by atoms with Crippen molar-refractivity contribution < 1.29 is 23.8 Å². The predicted molar refractivity (Wildman–Crippen MR) is 107 cm³/mol. The third kappa shape index (κ3) is 2.85. The first-order chi connectivity index (χ1) is 14.4. The number of aliphatic hydroxyl groups is 1. The van der Waals surface area contributed by atoms with Crippen molar-refractivity contribution in [1.29, 1.82) is 0 Å². The molecular formula is C22H22F2N2O4. The Bertz CT molecular complexity index is 1140. The number of aromatic carboxylic acids is 1. The SMILES string of the molecule is O=C(O)c1cn(C2CC2)c2c(F)c(N3CC4C=CC[C@H](CO)C4C3)c(F)cc2c1=O. The van der Waals surface area contributed by atoms with Crippen molar-refractivity contribution in [2.45, 2.75) is 25.3 Å². The summed E-state index contributed by atoms with van der Waals surface area (Å²) in [6.45, 7) is 0.875. The van der Waals surface area contributed by atoms with E-state index in [2.05, 4.69) is 0 Å². The van der Waals surface area contributed by atoms with Gasteiger partial charge < -0.3 is 19.7 Å². The van der Waals surface area contributed by atoms with E-state index in [0.29, 0.717) is 13.1 Å². The average molecular weight is 416 g/mol. The summed E-state index contributed by atoms with van der Waals surface area (Å²) < 4.78 is 32.3. The van der Waals surface area contributed by atoms with Crippen LogP contribution in [0, 0.1) is 29.4 Å². The number of halogens is 2. The quantitative estimate of drug-likeness (QED) is 0.749. The van der Waals surface area contributed by atoms with E-state index >= 15 is 8.78 Å². The van der Waals surface area contributed by atoms with Gasteiger partial charge in [0.05, 0.1) is 10.9 Å². The maximum absolute atomic E-state index is 15.7. The first kappa shape index (κ1) is 19.2. The largest absolute Gasteiger partial charge is 0.477 e. The van der Waals surface area contributed by atoms with Crippen LogP contribution in [0.25, 0.3) is 10.9 Å². The molecule has 5 rings (SSSR count). The van der Waals surface area contributed by atoms with Gasteiger partial charge in [-0.2, -0.15) is 0 Å². The molecule has 158 valence electrons. The number of rotatable bonds is 4. The van der Waals surface area contributed by atoms with Crippen molar-refractivity contribution in [1.82, 2.24) is 4.57 Å². The van der Waals surface area contributed by atoms with Crippen LogP contribution in [0.3, 0.4) is 0 Å². The second-order valence-corrected chi connectivity index (χ2v) is 8.57. The molecular weight excluding hydrogens is 394 g/mol. The Morgan fingerprint density at radius 1 is 1.23 bits per heavy atom. The van der Waals surface area contributed by atoms with Crippen molar-refractivity contribution in [3.8, 4) is 0 Å². The molecule has 0 bridgehead atoms. The van der Waals surface area contributed by atoms with Crippen molar-refractivity contribution in [3.63, 3.8) is 0 Å². The molecule has 1 aromatic carbocycles. The summed E-state index contributed by atoms with van der Waals surface area (Å²) in [4.78, 5) is 25.7. The van der Waals surface area contributed by atoms with E-state index in [0.717, 1.165) is 25.3 Å². The highest BCUT2D eigenvalue weighted by atomic mass is 19.1. The topological polar surface area (TPSA) is 82.8 Å². The van der Waals surface area contributed by atoms with Crippen molar-refractivity contribution in [2.75, 3.05) is 24.6 Å². The Hall–Kier alpha value is -2.74. The van der Waals surface area contributed by atoms with E-state index in [9.17, 15) is 19.8 Å². The van der Waals surface area contributed by atoms with Gasteiger partial charge in [0, 0.05) is 31.9 Å². The third-order valence-corrected chi connectivity index (χ3v) is 6.75. The lowest BCUT2D eigenvalue weighted by atomic mass is 9.78. The monoisotopic (exact) mass is 416 g/mol. The molecule has 6 nitrogen and oxygen atoms in total. The fourth-order valence-corrected chi connectivity index (χ4v) is 5.07. The minimum Gasteiger partial charge on any atom is -0.477 e. The second-order valence-electron chi connectivity index (χ2n) is 8.57. The molecule has 1 aromatic heterocycles. The van der Waals surface area contributed by atoms with Crippen LogP contribution in [0.5, 0.6) is 0 Å². The van der Waals surface area contributed by atoms with Gasteiger partial charge in [-0.05, 0) is 43.1 Å². The van der Waals surface area contributed by atoms with E-state index in [1.807, 2.05) is 12.2 Å². The number of carboxylic acids is 1. The molecule has 3 atom stereocenters. The van der Waals surface area contributed by atoms with Crippen molar-refractivity contribution in [2.24, 2.45) is 17.8 Å². The van der Waals surface area contributed by atoms with Gasteiger partial charge >= 0.3 is 5.97 Å². The Labute approximate surface area is 171 Å². The van der Waals surface area contributed by atoms with Gasteiger partial charge in [0.2, 0.25) is 5.43 Å². The molecule has 2 fully saturated rings. The number of anilines is 1. The molecule has 3 aliphatic rings. The van der Waals surface area contributed by atoms with E-state index in [1.165, 1.54) is 10.8 Å². The number of nitrogens with zero attached hydrogens (tertiary/aromatic N) is 2. The van der Waals surface area contributed by atoms with Crippen LogP contribution in [0.2, 0.25) is 0 Å². The van der Waals surface area contributed by atoms with Gasteiger partial charge in [-0.3, -0.25) is 4.79 Å². The fraction of sp³-hybridized carbons (Fsp3) is 0.455. The molecule has 2 heterocycles. The minimum absolute atomic E-state index is 0.0290. The normalized spacial score (nSPS) is 25.7. The van der Waals surface area contributed by atoms with Gasteiger partial charge in [-0.1, -0.05) is 12.2 Å². The number of pyridine rings is 1. The van der Waals surface area contributed by atoms with Crippen LogP contribution >= 0.6 is 0 Å². The molecule has 30 heavy (non-hydrogen) atoms. The molecule has 0 spiro atoms. The molecule has 0 amide bonds. The highest BCUT2D eigenvalue weighted by Gasteiger charge is 2.40. The maximum atomic E-state index is 15.7. The highest BCUT2D eigenvalue weighted by Crippen LogP contribution is 2.43. The number of hydrogen-bond acceptors (Lipinski definition) is 4. The van der Waals surface area contributed by atoms with Crippen LogP contribution in [-0.2, 0) is 0 Å². The Morgan fingerprint density at radius 2 is 2.00 bits per heavy atom. The maximum Gasteiger partial charge on any atom is 0.341 e. The lowest BCUT2D eigenvalue weighted by molar-refractivity contribution is 0.0694. The number of aliphatic hydroxyl groups excluding tert-OH is 1. The molecule has 2 aliphatic carbocycles. The number of carbonyl (C=O) groups is 1. The molecule has 1 aliphatic heterocycles. The van der Waals surface area contributed by atoms with Gasteiger partial charge in [-0.25, -0.2) is 13.6 Å². The average Bonchev–Trinajstić information content (AvgIpc) is 3.46. The molecule has 0 radical (unpaired) electrons. The first-order valence-corrected chi connectivity index (χ1v) is 10.2. The van der Waals surface area contributed by atoms with Gasteiger partial charge in [0.1, 0.15) is 17.1 Å². The molecule has 8 heteroatoms. The van der Waals surface area contributed by atoms with Crippen molar-refractivity contribution >= 4 is 22.6 Å². The fourth-order valence-electron chi connectivity index (χ4n) is 5.07. The Balaban J connectivity index is 1.67.